The molecule has 7 heteroatoms. The summed E-state index contributed by atoms with van der Waals surface area (Å²) in [4.78, 5) is 17.2. The molecule has 0 amide bonds. The first-order valence-electron chi connectivity index (χ1n) is 9.33. The third kappa shape index (κ3) is 3.52. The minimum atomic E-state index is -0.143. The Bertz CT molecular complexity index is 1190. The molecular weight excluding hydrogens is 370 g/mol. The summed E-state index contributed by atoms with van der Waals surface area (Å²) in [5.41, 5.74) is 3.55. The third-order valence-electron chi connectivity index (χ3n) is 4.79. The maximum Gasteiger partial charge on any atom is 0.251 e. The standard InChI is InChI=1S/C22H21N3O4/c1-14-20(15(2)29-24-14)21-18(28-12-11-26)8-6-16-7-9-19(27)25(22(16)21)13-17-5-3-4-10-23-17/h3-10,26H,11-13H2,1-2H3. The number of hydrogen-bond acceptors (Lipinski definition) is 6. The molecule has 0 atom stereocenters. The molecule has 3 aromatic heterocycles. The Morgan fingerprint density at radius 3 is 2.62 bits per heavy atom. The molecule has 0 saturated carbocycles. The number of pyridine rings is 2. The molecule has 0 aliphatic heterocycles. The predicted molar refractivity (Wildman–Crippen MR) is 109 cm³/mol. The van der Waals surface area contributed by atoms with Gasteiger partial charge in [-0.3, -0.25) is 9.78 Å². The van der Waals surface area contributed by atoms with Crippen LogP contribution in [0.3, 0.4) is 0 Å². The van der Waals surface area contributed by atoms with E-state index in [0.717, 1.165) is 22.2 Å². The van der Waals surface area contributed by atoms with Crippen LogP contribution in [0.2, 0.25) is 0 Å². The van der Waals surface area contributed by atoms with E-state index >= 15 is 0 Å². The van der Waals surface area contributed by atoms with Crippen LogP contribution in [0, 0.1) is 13.8 Å². The van der Waals surface area contributed by atoms with Crippen molar-refractivity contribution in [3.8, 4) is 16.9 Å². The fraction of sp³-hybridized carbons (Fsp3) is 0.227. The molecule has 0 saturated heterocycles. The van der Waals surface area contributed by atoms with Gasteiger partial charge >= 0.3 is 0 Å². The van der Waals surface area contributed by atoms with E-state index < -0.39 is 0 Å². The molecule has 4 rings (SSSR count). The lowest BCUT2D eigenvalue weighted by molar-refractivity contribution is 0.202. The summed E-state index contributed by atoms with van der Waals surface area (Å²) in [6, 6.07) is 12.7. The largest absolute Gasteiger partial charge is 0.490 e. The molecule has 3 heterocycles. The zero-order valence-electron chi connectivity index (χ0n) is 16.3. The fourth-order valence-corrected chi connectivity index (χ4v) is 3.54. The van der Waals surface area contributed by atoms with Crippen molar-refractivity contribution in [3.05, 3.63) is 76.2 Å². The topological polar surface area (TPSA) is 90.4 Å². The fourth-order valence-electron chi connectivity index (χ4n) is 3.54. The highest BCUT2D eigenvalue weighted by atomic mass is 16.5. The average Bonchev–Trinajstić information content (AvgIpc) is 3.06. The van der Waals surface area contributed by atoms with Gasteiger partial charge in [0.15, 0.2) is 0 Å². The number of aromatic nitrogens is 3. The van der Waals surface area contributed by atoms with Crippen LogP contribution in [-0.4, -0.2) is 33.0 Å². The number of aliphatic hydroxyl groups is 1. The summed E-state index contributed by atoms with van der Waals surface area (Å²) in [5, 5.41) is 14.2. The van der Waals surface area contributed by atoms with Gasteiger partial charge in [-0.15, -0.1) is 0 Å². The van der Waals surface area contributed by atoms with Gasteiger partial charge in [0.2, 0.25) is 0 Å². The Kier molecular flexibility index (Phi) is 5.14. The van der Waals surface area contributed by atoms with Crippen molar-refractivity contribution < 1.29 is 14.4 Å². The van der Waals surface area contributed by atoms with Gasteiger partial charge in [0, 0.05) is 12.3 Å². The van der Waals surface area contributed by atoms with Crippen LogP contribution >= 0.6 is 0 Å². The van der Waals surface area contributed by atoms with Crippen molar-refractivity contribution in [1.29, 1.82) is 0 Å². The van der Waals surface area contributed by atoms with E-state index in [1.165, 1.54) is 0 Å². The lowest BCUT2D eigenvalue weighted by atomic mass is 9.98. The first-order chi connectivity index (χ1) is 14.1. The molecule has 0 aliphatic rings. The molecule has 1 N–H and O–H groups in total. The second-order valence-corrected chi connectivity index (χ2v) is 6.73. The summed E-state index contributed by atoms with van der Waals surface area (Å²) in [7, 11) is 0. The normalized spacial score (nSPS) is 11.1. The second-order valence-electron chi connectivity index (χ2n) is 6.73. The van der Waals surface area contributed by atoms with Crippen molar-refractivity contribution in [3.63, 3.8) is 0 Å². The Morgan fingerprint density at radius 2 is 1.93 bits per heavy atom. The summed E-state index contributed by atoms with van der Waals surface area (Å²) in [5.74, 6) is 1.19. The molecule has 0 spiro atoms. The summed E-state index contributed by atoms with van der Waals surface area (Å²) < 4.78 is 12.9. The van der Waals surface area contributed by atoms with Crippen molar-refractivity contribution in [2.24, 2.45) is 0 Å². The predicted octanol–water partition coefficient (Wildman–Crippen LogP) is 3.09. The molecule has 29 heavy (non-hydrogen) atoms. The highest BCUT2D eigenvalue weighted by Gasteiger charge is 2.22. The lowest BCUT2D eigenvalue weighted by Gasteiger charge is -2.18. The van der Waals surface area contributed by atoms with Crippen LogP contribution in [0.5, 0.6) is 5.75 Å². The van der Waals surface area contributed by atoms with E-state index in [4.69, 9.17) is 9.26 Å². The highest BCUT2D eigenvalue weighted by molar-refractivity contribution is 5.98. The Hall–Kier alpha value is -3.45. The van der Waals surface area contributed by atoms with E-state index in [0.29, 0.717) is 29.3 Å². The van der Waals surface area contributed by atoms with Crippen molar-refractivity contribution >= 4 is 10.9 Å². The molecular formula is C22H21N3O4. The van der Waals surface area contributed by atoms with Gasteiger partial charge in [0.05, 0.1) is 41.2 Å². The van der Waals surface area contributed by atoms with Crippen LogP contribution in [0.15, 0.2) is 58.0 Å². The van der Waals surface area contributed by atoms with Crippen LogP contribution in [0.1, 0.15) is 17.1 Å². The van der Waals surface area contributed by atoms with Gasteiger partial charge in [-0.05, 0) is 49.6 Å². The number of aryl methyl sites for hydroxylation is 2. The first-order valence-corrected chi connectivity index (χ1v) is 9.33. The zero-order valence-corrected chi connectivity index (χ0v) is 16.3. The quantitative estimate of drug-likeness (QED) is 0.543. The molecule has 0 unspecified atom stereocenters. The van der Waals surface area contributed by atoms with E-state index in [1.807, 2.05) is 44.2 Å². The number of fused-ring (bicyclic) bond motifs is 1. The number of rotatable bonds is 6. The number of ether oxygens (including phenoxy) is 1. The second kappa shape index (κ2) is 7.89. The number of nitrogens with zero attached hydrogens (tertiary/aromatic N) is 3. The third-order valence-corrected chi connectivity index (χ3v) is 4.79. The van der Waals surface area contributed by atoms with Crippen LogP contribution in [-0.2, 0) is 6.54 Å². The van der Waals surface area contributed by atoms with Gasteiger partial charge in [-0.1, -0.05) is 11.2 Å². The first kappa shape index (κ1) is 18.9. The van der Waals surface area contributed by atoms with Crippen molar-refractivity contribution in [2.45, 2.75) is 20.4 Å². The molecule has 4 aromatic rings. The molecule has 148 valence electrons. The maximum atomic E-state index is 12.9. The minimum absolute atomic E-state index is 0.116. The molecule has 1 aromatic carbocycles. The summed E-state index contributed by atoms with van der Waals surface area (Å²) in [6.45, 7) is 4.02. The van der Waals surface area contributed by atoms with Gasteiger partial charge < -0.3 is 18.9 Å². The zero-order chi connectivity index (χ0) is 20.4. The Balaban J connectivity index is 2.05. The Morgan fingerprint density at radius 1 is 1.10 bits per heavy atom. The minimum Gasteiger partial charge on any atom is -0.490 e. The monoisotopic (exact) mass is 391 g/mol. The van der Waals surface area contributed by atoms with E-state index in [1.54, 1.807) is 22.9 Å². The van der Waals surface area contributed by atoms with Gasteiger partial charge in [0.1, 0.15) is 18.1 Å². The molecule has 0 fully saturated rings. The summed E-state index contributed by atoms with van der Waals surface area (Å²) in [6.07, 6.45) is 1.70. The van der Waals surface area contributed by atoms with Crippen molar-refractivity contribution in [1.82, 2.24) is 14.7 Å². The average molecular weight is 391 g/mol. The lowest BCUT2D eigenvalue weighted by Crippen LogP contribution is -2.21. The maximum absolute atomic E-state index is 12.9. The van der Waals surface area contributed by atoms with Gasteiger partial charge in [-0.2, -0.15) is 0 Å². The van der Waals surface area contributed by atoms with Gasteiger partial charge in [-0.25, -0.2) is 0 Å². The van der Waals surface area contributed by atoms with Crippen LogP contribution in [0.4, 0.5) is 0 Å². The molecule has 7 nitrogen and oxygen atoms in total. The summed E-state index contributed by atoms with van der Waals surface area (Å²) >= 11 is 0. The van der Waals surface area contributed by atoms with Gasteiger partial charge in [0.25, 0.3) is 5.56 Å². The van der Waals surface area contributed by atoms with E-state index in [2.05, 4.69) is 10.1 Å². The molecule has 0 bridgehead atoms. The molecule has 0 radical (unpaired) electrons. The SMILES string of the molecule is Cc1noc(C)c1-c1c(OCCO)ccc2ccc(=O)n(Cc3ccccn3)c12. The number of aliphatic hydroxyl groups excluding tert-OH is 1. The van der Waals surface area contributed by atoms with Crippen LogP contribution < -0.4 is 10.3 Å². The van der Waals surface area contributed by atoms with E-state index in [-0.39, 0.29) is 18.8 Å². The van der Waals surface area contributed by atoms with Crippen molar-refractivity contribution in [2.75, 3.05) is 13.2 Å². The smallest absolute Gasteiger partial charge is 0.251 e. The highest BCUT2D eigenvalue weighted by Crippen LogP contribution is 2.40. The number of benzene rings is 1. The van der Waals surface area contributed by atoms with E-state index in [9.17, 15) is 9.90 Å². The van der Waals surface area contributed by atoms with Crippen LogP contribution in [0.25, 0.3) is 22.0 Å². The number of hydrogen-bond donors (Lipinski definition) is 1. The molecule has 0 aliphatic carbocycles. The Labute approximate surface area is 167 Å².